The largest absolute Gasteiger partial charge is 0.465 e. The number of ether oxygens (including phenoxy) is 1. The lowest BCUT2D eigenvalue weighted by molar-refractivity contribution is 0.0598. The third-order valence-electron chi connectivity index (χ3n) is 2.86. The highest BCUT2D eigenvalue weighted by Crippen LogP contribution is 2.18. The maximum atomic E-state index is 11.7. The van der Waals surface area contributed by atoms with Crippen molar-refractivity contribution in [1.82, 2.24) is 9.78 Å². The molecule has 1 rings (SSSR count). The average Bonchev–Trinajstić information content (AvgIpc) is 2.66. The summed E-state index contributed by atoms with van der Waals surface area (Å²) in [7, 11) is 1.34. The minimum atomic E-state index is -0.425. The van der Waals surface area contributed by atoms with Crippen LogP contribution in [0.15, 0.2) is 0 Å². The van der Waals surface area contributed by atoms with Gasteiger partial charge in [-0.2, -0.15) is 5.10 Å². The number of hydrogen-bond donors (Lipinski definition) is 0. The molecule has 0 aliphatic rings. The molecule has 0 unspecified atom stereocenters. The fourth-order valence-electron chi connectivity index (χ4n) is 1.98. The van der Waals surface area contributed by atoms with E-state index in [1.807, 2.05) is 0 Å². The Hall–Kier alpha value is -1.65. The summed E-state index contributed by atoms with van der Waals surface area (Å²) in [5.41, 5.74) is 1.65. The molecular weight excluding hydrogens is 232 g/mol. The first-order valence-corrected chi connectivity index (χ1v) is 6.20. The van der Waals surface area contributed by atoms with E-state index < -0.39 is 5.97 Å². The van der Waals surface area contributed by atoms with Crippen molar-refractivity contribution in [3.63, 3.8) is 0 Å². The van der Waals surface area contributed by atoms with Gasteiger partial charge in [0.05, 0.1) is 18.5 Å². The van der Waals surface area contributed by atoms with Crippen LogP contribution >= 0.6 is 0 Å². The Kier molecular flexibility index (Phi) is 5.07. The number of rotatable bonds is 5. The molecule has 0 N–H and O–H groups in total. The van der Waals surface area contributed by atoms with E-state index in [0.717, 1.165) is 19.3 Å². The van der Waals surface area contributed by atoms with Gasteiger partial charge in [-0.15, -0.1) is 0 Å². The molecule has 18 heavy (non-hydrogen) atoms. The summed E-state index contributed by atoms with van der Waals surface area (Å²) in [5.74, 6) is -0.605. The lowest BCUT2D eigenvalue weighted by Crippen LogP contribution is -2.14. The molecule has 0 fully saturated rings. The van der Waals surface area contributed by atoms with E-state index >= 15 is 0 Å². The minimum absolute atomic E-state index is 0.181. The molecule has 0 saturated heterocycles. The molecule has 1 aromatic heterocycles. The summed E-state index contributed by atoms with van der Waals surface area (Å²) in [6.07, 6.45) is 3.74. The Labute approximate surface area is 107 Å². The number of aryl methyl sites for hydroxylation is 1. The molecular formula is C13H20N2O3. The normalized spacial score (nSPS) is 10.4. The van der Waals surface area contributed by atoms with E-state index in [1.165, 1.54) is 18.7 Å². The van der Waals surface area contributed by atoms with Crippen LogP contribution in [0.5, 0.6) is 0 Å². The SMILES string of the molecule is CCCCCc1c(C(=O)OC)c(C)nn1C(C)=O. The van der Waals surface area contributed by atoms with Crippen molar-refractivity contribution in [2.24, 2.45) is 0 Å². The molecule has 5 heteroatoms. The van der Waals surface area contributed by atoms with Gasteiger partial charge >= 0.3 is 5.97 Å². The predicted molar refractivity (Wildman–Crippen MR) is 67.8 cm³/mol. The molecule has 5 nitrogen and oxygen atoms in total. The van der Waals surface area contributed by atoms with Crippen LogP contribution < -0.4 is 0 Å². The summed E-state index contributed by atoms with van der Waals surface area (Å²) < 4.78 is 6.07. The van der Waals surface area contributed by atoms with Gasteiger partial charge in [0.2, 0.25) is 5.91 Å². The van der Waals surface area contributed by atoms with Gasteiger partial charge in [0.25, 0.3) is 0 Å². The topological polar surface area (TPSA) is 61.2 Å². The molecule has 0 aliphatic heterocycles. The van der Waals surface area contributed by atoms with Crippen molar-refractivity contribution in [3.8, 4) is 0 Å². The van der Waals surface area contributed by atoms with Crippen LogP contribution in [0.1, 0.15) is 59.7 Å². The second-order valence-corrected chi connectivity index (χ2v) is 4.29. The van der Waals surface area contributed by atoms with E-state index in [-0.39, 0.29) is 5.91 Å². The number of aromatic nitrogens is 2. The molecule has 0 aromatic carbocycles. The van der Waals surface area contributed by atoms with Crippen LogP contribution in [0.2, 0.25) is 0 Å². The number of unbranched alkanes of at least 4 members (excludes halogenated alkanes) is 2. The Bertz CT molecular complexity index is 449. The maximum Gasteiger partial charge on any atom is 0.341 e. The fourth-order valence-corrected chi connectivity index (χ4v) is 1.98. The Morgan fingerprint density at radius 3 is 2.50 bits per heavy atom. The number of nitrogens with zero attached hydrogens (tertiary/aromatic N) is 2. The first-order chi connectivity index (χ1) is 8.52. The first kappa shape index (κ1) is 14.4. The number of esters is 1. The number of methoxy groups -OCH3 is 1. The molecule has 1 heterocycles. The minimum Gasteiger partial charge on any atom is -0.465 e. The number of hydrogen-bond acceptors (Lipinski definition) is 4. The highest BCUT2D eigenvalue weighted by molar-refractivity contribution is 5.93. The van der Waals surface area contributed by atoms with Gasteiger partial charge in [0, 0.05) is 6.92 Å². The van der Waals surface area contributed by atoms with Crippen molar-refractivity contribution in [3.05, 3.63) is 17.0 Å². The molecule has 0 radical (unpaired) electrons. The highest BCUT2D eigenvalue weighted by atomic mass is 16.5. The summed E-state index contributed by atoms with van der Waals surface area (Å²) in [6, 6.07) is 0. The second kappa shape index (κ2) is 6.33. The zero-order valence-electron chi connectivity index (χ0n) is 11.4. The van der Waals surface area contributed by atoms with Crippen LogP contribution in [0, 0.1) is 6.92 Å². The Morgan fingerprint density at radius 2 is 2.00 bits per heavy atom. The van der Waals surface area contributed by atoms with Gasteiger partial charge in [-0.25, -0.2) is 9.48 Å². The van der Waals surface area contributed by atoms with Gasteiger partial charge in [-0.3, -0.25) is 4.79 Å². The van der Waals surface area contributed by atoms with Crippen LogP contribution in [-0.4, -0.2) is 28.8 Å². The third-order valence-corrected chi connectivity index (χ3v) is 2.86. The molecule has 0 amide bonds. The molecule has 0 spiro atoms. The van der Waals surface area contributed by atoms with Crippen LogP contribution in [-0.2, 0) is 11.2 Å². The molecule has 0 aliphatic carbocycles. The molecule has 0 atom stereocenters. The van der Waals surface area contributed by atoms with Gasteiger partial charge < -0.3 is 4.74 Å². The fraction of sp³-hybridized carbons (Fsp3) is 0.615. The Morgan fingerprint density at radius 1 is 1.33 bits per heavy atom. The van der Waals surface area contributed by atoms with Gasteiger partial charge in [0.15, 0.2) is 0 Å². The molecule has 100 valence electrons. The smallest absolute Gasteiger partial charge is 0.341 e. The van der Waals surface area contributed by atoms with E-state index in [2.05, 4.69) is 12.0 Å². The Balaban J connectivity index is 3.14. The zero-order valence-corrected chi connectivity index (χ0v) is 11.4. The zero-order chi connectivity index (χ0) is 13.7. The maximum absolute atomic E-state index is 11.7. The molecule has 1 aromatic rings. The number of carbonyl (C=O) groups is 2. The lowest BCUT2D eigenvalue weighted by Gasteiger charge is -2.05. The monoisotopic (exact) mass is 252 g/mol. The first-order valence-electron chi connectivity index (χ1n) is 6.20. The summed E-state index contributed by atoms with van der Waals surface area (Å²) in [5, 5.41) is 4.12. The highest BCUT2D eigenvalue weighted by Gasteiger charge is 2.23. The second-order valence-electron chi connectivity index (χ2n) is 4.29. The molecule has 0 bridgehead atoms. The van der Waals surface area contributed by atoms with E-state index in [4.69, 9.17) is 4.74 Å². The lowest BCUT2D eigenvalue weighted by atomic mass is 10.1. The van der Waals surface area contributed by atoms with Crippen LogP contribution in [0.3, 0.4) is 0 Å². The number of carbonyl (C=O) groups excluding carboxylic acids is 2. The van der Waals surface area contributed by atoms with Gasteiger partial charge in [0.1, 0.15) is 5.56 Å². The summed E-state index contributed by atoms with van der Waals surface area (Å²) in [4.78, 5) is 23.3. The standard InChI is InChI=1S/C13H20N2O3/c1-5-6-7-8-11-12(13(17)18-4)9(2)14-15(11)10(3)16/h5-8H2,1-4H3. The van der Waals surface area contributed by atoms with E-state index in [1.54, 1.807) is 6.92 Å². The summed E-state index contributed by atoms with van der Waals surface area (Å²) in [6.45, 7) is 5.26. The van der Waals surface area contributed by atoms with E-state index in [9.17, 15) is 9.59 Å². The predicted octanol–water partition coefficient (Wildman–Crippen LogP) is 2.37. The van der Waals surface area contributed by atoms with Crippen molar-refractivity contribution in [1.29, 1.82) is 0 Å². The van der Waals surface area contributed by atoms with E-state index in [0.29, 0.717) is 23.4 Å². The van der Waals surface area contributed by atoms with Gasteiger partial charge in [-0.05, 0) is 19.8 Å². The third kappa shape index (κ3) is 2.97. The quantitative estimate of drug-likeness (QED) is 0.596. The van der Waals surface area contributed by atoms with Crippen molar-refractivity contribution in [2.75, 3.05) is 7.11 Å². The van der Waals surface area contributed by atoms with Crippen molar-refractivity contribution >= 4 is 11.9 Å². The van der Waals surface area contributed by atoms with Crippen molar-refractivity contribution in [2.45, 2.75) is 46.5 Å². The van der Waals surface area contributed by atoms with Gasteiger partial charge in [-0.1, -0.05) is 19.8 Å². The van der Waals surface area contributed by atoms with Crippen LogP contribution in [0.4, 0.5) is 0 Å². The van der Waals surface area contributed by atoms with Crippen molar-refractivity contribution < 1.29 is 14.3 Å². The van der Waals surface area contributed by atoms with Crippen LogP contribution in [0.25, 0.3) is 0 Å². The summed E-state index contributed by atoms with van der Waals surface area (Å²) >= 11 is 0. The molecule has 0 saturated carbocycles. The average molecular weight is 252 g/mol.